The van der Waals surface area contributed by atoms with E-state index < -0.39 is 0 Å². The molecular weight excluding hydrogens is 390 g/mol. The lowest BCUT2D eigenvalue weighted by atomic mass is 10.1. The van der Waals surface area contributed by atoms with Gasteiger partial charge in [-0.25, -0.2) is 4.98 Å². The number of carbonyl (C=O) groups excluding carboxylic acids is 2. The molecule has 150 valence electrons. The third-order valence-corrected chi connectivity index (χ3v) is 4.84. The highest BCUT2D eigenvalue weighted by atomic mass is 32.1. The molecule has 0 atom stereocenters. The molecule has 2 N–H and O–H groups in total. The summed E-state index contributed by atoms with van der Waals surface area (Å²) in [6, 6.07) is 14.6. The minimum atomic E-state index is -0.235. The molecule has 0 unspecified atom stereocenters. The van der Waals surface area contributed by atoms with E-state index in [0.29, 0.717) is 28.0 Å². The van der Waals surface area contributed by atoms with Crippen molar-refractivity contribution in [1.82, 2.24) is 4.98 Å². The summed E-state index contributed by atoms with van der Waals surface area (Å²) in [6.45, 7) is 0. The first kappa shape index (κ1) is 20.3. The summed E-state index contributed by atoms with van der Waals surface area (Å²) in [4.78, 5) is 28.8. The molecule has 0 saturated carbocycles. The molecular formula is C21H21N3O4S. The van der Waals surface area contributed by atoms with Crippen LogP contribution in [0, 0.1) is 0 Å². The Hall–Kier alpha value is -3.39. The Morgan fingerprint density at radius 3 is 2.45 bits per heavy atom. The summed E-state index contributed by atoms with van der Waals surface area (Å²) < 4.78 is 10.4. The van der Waals surface area contributed by atoms with Gasteiger partial charge in [-0.05, 0) is 17.7 Å². The number of anilines is 2. The van der Waals surface area contributed by atoms with Crippen molar-refractivity contribution >= 4 is 34.0 Å². The van der Waals surface area contributed by atoms with Crippen molar-refractivity contribution in [3.05, 3.63) is 65.2 Å². The van der Waals surface area contributed by atoms with Gasteiger partial charge in [0.25, 0.3) is 0 Å². The number of hydrogen-bond acceptors (Lipinski definition) is 6. The van der Waals surface area contributed by atoms with E-state index in [2.05, 4.69) is 15.6 Å². The Balaban J connectivity index is 1.55. The van der Waals surface area contributed by atoms with E-state index in [4.69, 9.17) is 9.47 Å². The van der Waals surface area contributed by atoms with Gasteiger partial charge in [0.15, 0.2) is 5.13 Å². The summed E-state index contributed by atoms with van der Waals surface area (Å²) in [5, 5.41) is 7.79. The number of methoxy groups -OCH3 is 2. The first-order chi connectivity index (χ1) is 14.1. The average Bonchev–Trinajstić information content (AvgIpc) is 3.15. The van der Waals surface area contributed by atoms with E-state index in [1.807, 2.05) is 30.3 Å². The maximum absolute atomic E-state index is 12.4. The summed E-state index contributed by atoms with van der Waals surface area (Å²) in [7, 11) is 3.08. The van der Waals surface area contributed by atoms with Crippen molar-refractivity contribution in [2.24, 2.45) is 0 Å². The number of nitrogens with zero attached hydrogens (tertiary/aromatic N) is 1. The number of carbonyl (C=O) groups is 2. The SMILES string of the molecule is COc1ccc(NC(=O)Cc2csc(NC(=O)Cc3ccccc3)n2)c(OC)c1. The molecule has 0 aliphatic carbocycles. The lowest BCUT2D eigenvalue weighted by Gasteiger charge is -2.11. The second kappa shape index (κ2) is 9.70. The van der Waals surface area contributed by atoms with Gasteiger partial charge in [-0.3, -0.25) is 9.59 Å². The fraction of sp³-hybridized carbons (Fsp3) is 0.190. The number of hydrogen-bond donors (Lipinski definition) is 2. The molecule has 3 aromatic rings. The Morgan fingerprint density at radius 2 is 1.72 bits per heavy atom. The zero-order valence-corrected chi connectivity index (χ0v) is 16.9. The van der Waals surface area contributed by atoms with Crippen LogP contribution in [0.4, 0.5) is 10.8 Å². The maximum atomic E-state index is 12.4. The van der Waals surface area contributed by atoms with Gasteiger partial charge >= 0.3 is 0 Å². The van der Waals surface area contributed by atoms with Crippen LogP contribution in [0.2, 0.25) is 0 Å². The number of benzene rings is 2. The van der Waals surface area contributed by atoms with Gasteiger partial charge < -0.3 is 20.1 Å². The number of thiazole rings is 1. The average molecular weight is 411 g/mol. The zero-order chi connectivity index (χ0) is 20.6. The number of ether oxygens (including phenoxy) is 2. The third-order valence-electron chi connectivity index (χ3n) is 4.03. The fourth-order valence-electron chi connectivity index (χ4n) is 2.65. The predicted molar refractivity (Wildman–Crippen MR) is 113 cm³/mol. The smallest absolute Gasteiger partial charge is 0.230 e. The lowest BCUT2D eigenvalue weighted by molar-refractivity contribution is -0.116. The second-order valence-electron chi connectivity index (χ2n) is 6.15. The number of nitrogens with one attached hydrogen (secondary N) is 2. The predicted octanol–water partition coefficient (Wildman–Crippen LogP) is 3.52. The van der Waals surface area contributed by atoms with Crippen LogP contribution >= 0.6 is 11.3 Å². The highest BCUT2D eigenvalue weighted by molar-refractivity contribution is 7.13. The van der Waals surface area contributed by atoms with Crippen molar-refractivity contribution in [2.45, 2.75) is 12.8 Å². The van der Waals surface area contributed by atoms with E-state index in [1.165, 1.54) is 18.4 Å². The van der Waals surface area contributed by atoms with E-state index in [-0.39, 0.29) is 24.7 Å². The molecule has 0 fully saturated rings. The van der Waals surface area contributed by atoms with Gasteiger partial charge in [-0.1, -0.05) is 30.3 Å². The Bertz CT molecular complexity index is 989. The molecule has 2 amide bonds. The highest BCUT2D eigenvalue weighted by Gasteiger charge is 2.13. The van der Waals surface area contributed by atoms with Crippen LogP contribution in [0.5, 0.6) is 11.5 Å². The minimum absolute atomic E-state index is 0.0836. The summed E-state index contributed by atoms with van der Waals surface area (Å²) >= 11 is 1.29. The van der Waals surface area contributed by atoms with Gasteiger partial charge in [0.05, 0.1) is 38.4 Å². The molecule has 7 nitrogen and oxygen atoms in total. The number of rotatable bonds is 8. The van der Waals surface area contributed by atoms with Crippen molar-refractivity contribution in [1.29, 1.82) is 0 Å². The van der Waals surface area contributed by atoms with Gasteiger partial charge in [0.1, 0.15) is 11.5 Å². The summed E-state index contributed by atoms with van der Waals surface area (Å²) in [6.07, 6.45) is 0.355. The van der Waals surface area contributed by atoms with Gasteiger partial charge in [-0.15, -0.1) is 11.3 Å². The molecule has 2 aromatic carbocycles. The molecule has 0 bridgehead atoms. The molecule has 1 heterocycles. The standard InChI is InChI=1S/C21H21N3O4S/c1-27-16-8-9-17(18(12-16)28-2)23-20(26)11-15-13-29-21(22-15)24-19(25)10-14-6-4-3-5-7-14/h3-9,12-13H,10-11H2,1-2H3,(H,23,26)(H,22,24,25). The van der Waals surface area contributed by atoms with Crippen LogP contribution in [0.1, 0.15) is 11.3 Å². The Morgan fingerprint density at radius 1 is 0.966 bits per heavy atom. The number of aromatic nitrogens is 1. The fourth-order valence-corrected chi connectivity index (χ4v) is 3.38. The van der Waals surface area contributed by atoms with Gasteiger partial charge in [0, 0.05) is 11.4 Å². The Labute approximate surface area is 172 Å². The molecule has 8 heteroatoms. The quantitative estimate of drug-likeness (QED) is 0.592. The van der Waals surface area contributed by atoms with Crippen LogP contribution in [0.25, 0.3) is 0 Å². The van der Waals surface area contributed by atoms with E-state index in [1.54, 1.807) is 30.7 Å². The van der Waals surface area contributed by atoms with Crippen LogP contribution in [-0.2, 0) is 22.4 Å². The molecule has 0 aliphatic rings. The highest BCUT2D eigenvalue weighted by Crippen LogP contribution is 2.29. The van der Waals surface area contributed by atoms with Gasteiger partial charge in [-0.2, -0.15) is 0 Å². The molecule has 3 rings (SSSR count). The maximum Gasteiger partial charge on any atom is 0.230 e. The Kier molecular flexibility index (Phi) is 6.80. The van der Waals surface area contributed by atoms with Crippen molar-refractivity contribution in [3.63, 3.8) is 0 Å². The zero-order valence-electron chi connectivity index (χ0n) is 16.1. The van der Waals surface area contributed by atoms with Crippen molar-refractivity contribution < 1.29 is 19.1 Å². The van der Waals surface area contributed by atoms with E-state index in [0.717, 1.165) is 5.56 Å². The molecule has 0 saturated heterocycles. The van der Waals surface area contributed by atoms with E-state index in [9.17, 15) is 9.59 Å². The van der Waals surface area contributed by atoms with Crippen LogP contribution in [-0.4, -0.2) is 31.0 Å². The first-order valence-corrected chi connectivity index (χ1v) is 9.75. The van der Waals surface area contributed by atoms with Crippen LogP contribution in [0.15, 0.2) is 53.9 Å². The second-order valence-corrected chi connectivity index (χ2v) is 7.00. The molecule has 0 radical (unpaired) electrons. The third kappa shape index (κ3) is 5.79. The first-order valence-electron chi connectivity index (χ1n) is 8.87. The minimum Gasteiger partial charge on any atom is -0.497 e. The normalized spacial score (nSPS) is 10.3. The van der Waals surface area contributed by atoms with E-state index >= 15 is 0 Å². The largest absolute Gasteiger partial charge is 0.497 e. The molecule has 1 aromatic heterocycles. The monoisotopic (exact) mass is 411 g/mol. The van der Waals surface area contributed by atoms with Crippen LogP contribution < -0.4 is 20.1 Å². The molecule has 29 heavy (non-hydrogen) atoms. The topological polar surface area (TPSA) is 89.6 Å². The lowest BCUT2D eigenvalue weighted by Crippen LogP contribution is -2.16. The van der Waals surface area contributed by atoms with Crippen molar-refractivity contribution in [2.75, 3.05) is 24.9 Å². The van der Waals surface area contributed by atoms with Crippen molar-refractivity contribution in [3.8, 4) is 11.5 Å². The number of amides is 2. The summed E-state index contributed by atoms with van der Waals surface area (Å²) in [5.74, 6) is 0.755. The van der Waals surface area contributed by atoms with Crippen LogP contribution in [0.3, 0.4) is 0 Å². The molecule has 0 spiro atoms. The summed E-state index contributed by atoms with van der Waals surface area (Å²) in [5.41, 5.74) is 2.05. The van der Waals surface area contributed by atoms with Gasteiger partial charge in [0.2, 0.25) is 11.8 Å². The molecule has 0 aliphatic heterocycles.